The van der Waals surface area contributed by atoms with Gasteiger partial charge in [0.05, 0.1) is 5.56 Å². The third kappa shape index (κ3) is 3.39. The lowest BCUT2D eigenvalue weighted by molar-refractivity contribution is 0.102. The number of amides is 1. The predicted molar refractivity (Wildman–Crippen MR) is 102 cm³/mol. The summed E-state index contributed by atoms with van der Waals surface area (Å²) in [5, 5.41) is 7.47. The van der Waals surface area contributed by atoms with Crippen molar-refractivity contribution in [1.29, 1.82) is 0 Å². The molecule has 3 heterocycles. The van der Waals surface area contributed by atoms with E-state index in [1.54, 1.807) is 0 Å². The molecule has 2 aliphatic rings. The largest absolute Gasteiger partial charge is 0.322 e. The van der Waals surface area contributed by atoms with Crippen molar-refractivity contribution in [3.63, 3.8) is 0 Å². The number of thiophene rings is 1. The molecule has 5 heteroatoms. The number of nitrogens with one attached hydrogen (secondary N) is 1. The molecule has 0 aliphatic carbocycles. The van der Waals surface area contributed by atoms with E-state index in [-0.39, 0.29) is 5.91 Å². The molecule has 1 N–H and O–H groups in total. The lowest BCUT2D eigenvalue weighted by Gasteiger charge is -2.36. The van der Waals surface area contributed by atoms with E-state index in [2.05, 4.69) is 29.4 Å². The van der Waals surface area contributed by atoms with Crippen LogP contribution in [0.1, 0.15) is 36.0 Å². The van der Waals surface area contributed by atoms with Gasteiger partial charge in [-0.1, -0.05) is 0 Å². The number of nitrogens with zero attached hydrogens (tertiary/aromatic N) is 1. The number of thioether (sulfide) groups is 1. The monoisotopic (exact) mass is 358 g/mol. The lowest BCUT2D eigenvalue weighted by atomic mass is 10.0. The normalized spacial score (nSPS) is 26.5. The molecule has 3 atom stereocenters. The van der Waals surface area contributed by atoms with Gasteiger partial charge >= 0.3 is 0 Å². The molecule has 2 aliphatic heterocycles. The number of carbonyl (C=O) groups excluding carboxylic acids is 1. The Morgan fingerprint density at radius 1 is 1.17 bits per heavy atom. The molecule has 2 saturated heterocycles. The zero-order valence-electron chi connectivity index (χ0n) is 13.8. The summed E-state index contributed by atoms with van der Waals surface area (Å²) >= 11 is 3.54. The lowest BCUT2D eigenvalue weighted by Crippen LogP contribution is -2.40. The summed E-state index contributed by atoms with van der Waals surface area (Å²) in [4.78, 5) is 16.0. The second kappa shape index (κ2) is 6.90. The van der Waals surface area contributed by atoms with E-state index in [1.807, 2.05) is 40.7 Å². The first-order valence-electron chi connectivity index (χ1n) is 8.51. The third-order valence-electron chi connectivity index (χ3n) is 5.25. The van der Waals surface area contributed by atoms with Crippen LogP contribution in [-0.4, -0.2) is 35.2 Å². The molecule has 24 heavy (non-hydrogen) atoms. The number of fused-ring (bicyclic) bond motifs is 2. The summed E-state index contributed by atoms with van der Waals surface area (Å²) in [5.74, 6) is -0.0384. The number of rotatable bonds is 4. The summed E-state index contributed by atoms with van der Waals surface area (Å²) in [5.41, 5.74) is 1.58. The molecule has 126 valence electrons. The quantitative estimate of drug-likeness (QED) is 0.858. The van der Waals surface area contributed by atoms with Gasteiger partial charge < -0.3 is 10.2 Å². The summed E-state index contributed by atoms with van der Waals surface area (Å²) in [6.45, 7) is 0. The molecule has 1 amide bonds. The number of carbonyl (C=O) groups is 1. The van der Waals surface area contributed by atoms with Crippen LogP contribution in [0.3, 0.4) is 0 Å². The highest BCUT2D eigenvalue weighted by Gasteiger charge is 2.38. The van der Waals surface area contributed by atoms with Crippen molar-refractivity contribution in [3.05, 3.63) is 46.7 Å². The minimum Gasteiger partial charge on any atom is -0.322 e. The van der Waals surface area contributed by atoms with Gasteiger partial charge in [0.1, 0.15) is 0 Å². The third-order valence-corrected chi connectivity index (χ3v) is 7.20. The van der Waals surface area contributed by atoms with E-state index in [0.717, 1.165) is 28.6 Å². The molecule has 1 aromatic carbocycles. The smallest absolute Gasteiger partial charge is 0.256 e. The van der Waals surface area contributed by atoms with E-state index >= 15 is 0 Å². The highest BCUT2D eigenvalue weighted by Crippen LogP contribution is 2.41. The molecule has 0 spiro atoms. The van der Waals surface area contributed by atoms with Crippen LogP contribution < -0.4 is 5.32 Å². The minimum atomic E-state index is -0.0384. The van der Waals surface area contributed by atoms with Crippen molar-refractivity contribution in [1.82, 2.24) is 4.90 Å². The van der Waals surface area contributed by atoms with E-state index in [0.29, 0.717) is 0 Å². The fourth-order valence-electron chi connectivity index (χ4n) is 3.86. The zero-order chi connectivity index (χ0) is 16.5. The van der Waals surface area contributed by atoms with Crippen molar-refractivity contribution >= 4 is 34.7 Å². The summed E-state index contributed by atoms with van der Waals surface area (Å²) in [6, 6.07) is 11.7. The van der Waals surface area contributed by atoms with Gasteiger partial charge in [-0.05, 0) is 68.4 Å². The Labute approximate surface area is 151 Å². The van der Waals surface area contributed by atoms with Crippen LogP contribution in [0.2, 0.25) is 0 Å². The van der Waals surface area contributed by atoms with Crippen molar-refractivity contribution in [2.75, 3.05) is 12.4 Å². The first-order chi connectivity index (χ1) is 11.7. The first-order valence-corrected chi connectivity index (χ1v) is 10.3. The van der Waals surface area contributed by atoms with Gasteiger partial charge in [0.25, 0.3) is 5.91 Å². The van der Waals surface area contributed by atoms with E-state index in [1.165, 1.54) is 41.9 Å². The second-order valence-electron chi connectivity index (χ2n) is 6.75. The number of benzene rings is 1. The predicted octanol–water partition coefficient (Wildman–Crippen LogP) is 4.72. The Morgan fingerprint density at radius 3 is 2.50 bits per heavy atom. The van der Waals surface area contributed by atoms with Gasteiger partial charge in [0, 0.05) is 33.3 Å². The first kappa shape index (κ1) is 16.2. The SMILES string of the molecule is CN1[C@@H]2CC[C@H]1C[C@H](Sc1ccc(NC(=O)c3ccsc3)cc1)C2. The molecule has 0 saturated carbocycles. The van der Waals surface area contributed by atoms with Crippen molar-refractivity contribution in [2.24, 2.45) is 0 Å². The topological polar surface area (TPSA) is 32.3 Å². The maximum absolute atomic E-state index is 12.1. The van der Waals surface area contributed by atoms with Crippen LogP contribution in [0.4, 0.5) is 5.69 Å². The Balaban J connectivity index is 1.35. The highest BCUT2D eigenvalue weighted by molar-refractivity contribution is 8.00. The van der Waals surface area contributed by atoms with E-state index in [9.17, 15) is 4.79 Å². The fourth-order valence-corrected chi connectivity index (χ4v) is 5.81. The molecule has 2 bridgehead atoms. The summed E-state index contributed by atoms with van der Waals surface area (Å²) in [7, 11) is 2.29. The van der Waals surface area contributed by atoms with Crippen molar-refractivity contribution in [2.45, 2.75) is 47.9 Å². The van der Waals surface area contributed by atoms with Crippen molar-refractivity contribution in [3.8, 4) is 0 Å². The van der Waals surface area contributed by atoms with Gasteiger partial charge in [-0.3, -0.25) is 4.79 Å². The summed E-state index contributed by atoms with van der Waals surface area (Å²) < 4.78 is 0. The molecular formula is C19H22N2OS2. The summed E-state index contributed by atoms with van der Waals surface area (Å²) in [6.07, 6.45) is 5.33. The van der Waals surface area contributed by atoms with Gasteiger partial charge in [0.2, 0.25) is 0 Å². The number of piperidine rings is 1. The van der Waals surface area contributed by atoms with Gasteiger partial charge in [-0.15, -0.1) is 11.8 Å². The fraction of sp³-hybridized carbons (Fsp3) is 0.421. The van der Waals surface area contributed by atoms with Crippen LogP contribution in [0, 0.1) is 0 Å². The minimum absolute atomic E-state index is 0.0384. The van der Waals surface area contributed by atoms with E-state index in [4.69, 9.17) is 0 Å². The Kier molecular flexibility index (Phi) is 4.66. The standard InChI is InChI=1S/C19H22N2OS2/c1-21-15-4-5-16(21)11-18(10-15)24-17-6-2-14(3-7-17)20-19(22)13-8-9-23-12-13/h2-3,6-9,12,15-16,18H,4-5,10-11H2,1H3,(H,20,22)/t15-,16+,18-. The Bertz CT molecular complexity index is 685. The second-order valence-corrected chi connectivity index (χ2v) is 8.91. The maximum Gasteiger partial charge on any atom is 0.256 e. The molecule has 4 rings (SSSR count). The molecule has 3 nitrogen and oxygen atoms in total. The molecule has 0 radical (unpaired) electrons. The highest BCUT2D eigenvalue weighted by atomic mass is 32.2. The van der Waals surface area contributed by atoms with Gasteiger partial charge in [-0.2, -0.15) is 11.3 Å². The molecule has 2 fully saturated rings. The van der Waals surface area contributed by atoms with Gasteiger partial charge in [-0.25, -0.2) is 0 Å². The Hall–Kier alpha value is -1.30. The number of hydrogen-bond donors (Lipinski definition) is 1. The van der Waals surface area contributed by atoms with Crippen LogP contribution >= 0.6 is 23.1 Å². The molecule has 2 aromatic rings. The Morgan fingerprint density at radius 2 is 1.88 bits per heavy atom. The van der Waals surface area contributed by atoms with Crippen LogP contribution in [0.15, 0.2) is 46.0 Å². The van der Waals surface area contributed by atoms with Crippen LogP contribution in [0.25, 0.3) is 0 Å². The average Bonchev–Trinajstić information content (AvgIpc) is 3.17. The van der Waals surface area contributed by atoms with Crippen LogP contribution in [0.5, 0.6) is 0 Å². The zero-order valence-corrected chi connectivity index (χ0v) is 15.4. The molecule has 1 aromatic heterocycles. The number of hydrogen-bond acceptors (Lipinski definition) is 4. The van der Waals surface area contributed by atoms with Crippen LogP contribution in [-0.2, 0) is 0 Å². The van der Waals surface area contributed by atoms with Gasteiger partial charge in [0.15, 0.2) is 0 Å². The number of anilines is 1. The van der Waals surface area contributed by atoms with Crippen molar-refractivity contribution < 1.29 is 4.79 Å². The maximum atomic E-state index is 12.1. The van der Waals surface area contributed by atoms with E-state index < -0.39 is 0 Å². The average molecular weight is 359 g/mol. The molecular weight excluding hydrogens is 336 g/mol. The molecule has 0 unspecified atom stereocenters.